The molecule has 2 N–H and O–H groups in total. The SMILES string of the molecule is CC(C)N1CCC(NCC(O)c2ccccc2)CC1. The summed E-state index contributed by atoms with van der Waals surface area (Å²) in [5.41, 5.74) is 0.995. The molecule has 0 bridgehead atoms. The fourth-order valence-electron chi connectivity index (χ4n) is 2.69. The van der Waals surface area contributed by atoms with Gasteiger partial charge in [-0.3, -0.25) is 0 Å². The molecule has 1 heterocycles. The Morgan fingerprint density at radius 3 is 2.42 bits per heavy atom. The van der Waals surface area contributed by atoms with E-state index < -0.39 is 6.10 Å². The molecule has 0 aliphatic carbocycles. The molecule has 106 valence electrons. The molecule has 1 aromatic rings. The Morgan fingerprint density at radius 1 is 1.21 bits per heavy atom. The maximum absolute atomic E-state index is 10.1. The summed E-state index contributed by atoms with van der Waals surface area (Å²) in [6, 6.07) is 11.1. The number of rotatable bonds is 5. The summed E-state index contributed by atoms with van der Waals surface area (Å²) >= 11 is 0. The van der Waals surface area contributed by atoms with E-state index in [1.165, 1.54) is 12.8 Å². The number of piperidine rings is 1. The van der Waals surface area contributed by atoms with Crippen LogP contribution in [0.15, 0.2) is 30.3 Å². The van der Waals surface area contributed by atoms with E-state index in [9.17, 15) is 5.11 Å². The second-order valence-electron chi connectivity index (χ2n) is 5.74. The van der Waals surface area contributed by atoms with Gasteiger partial charge >= 0.3 is 0 Å². The minimum atomic E-state index is -0.399. The van der Waals surface area contributed by atoms with E-state index >= 15 is 0 Å². The molecule has 1 aliphatic heterocycles. The number of benzene rings is 1. The van der Waals surface area contributed by atoms with E-state index in [1.807, 2.05) is 30.3 Å². The van der Waals surface area contributed by atoms with Crippen LogP contribution in [0.25, 0.3) is 0 Å². The Kier molecular flexibility index (Phi) is 5.37. The number of nitrogens with zero attached hydrogens (tertiary/aromatic N) is 1. The van der Waals surface area contributed by atoms with Crippen LogP contribution in [-0.4, -0.2) is 41.7 Å². The van der Waals surface area contributed by atoms with Crippen molar-refractivity contribution in [3.63, 3.8) is 0 Å². The normalized spacial score (nSPS) is 19.8. The first-order chi connectivity index (χ1) is 9.16. The average Bonchev–Trinajstić information content (AvgIpc) is 2.46. The molecule has 1 fully saturated rings. The molecule has 19 heavy (non-hydrogen) atoms. The predicted octanol–water partition coefficient (Wildman–Crippen LogP) is 2.18. The summed E-state index contributed by atoms with van der Waals surface area (Å²) < 4.78 is 0. The molecule has 3 nitrogen and oxygen atoms in total. The van der Waals surface area contributed by atoms with Crippen LogP contribution < -0.4 is 5.32 Å². The zero-order valence-corrected chi connectivity index (χ0v) is 12.0. The van der Waals surface area contributed by atoms with Gasteiger partial charge < -0.3 is 15.3 Å². The molecule has 1 aromatic carbocycles. The van der Waals surface area contributed by atoms with Gasteiger partial charge in [-0.05, 0) is 45.3 Å². The maximum Gasteiger partial charge on any atom is 0.0914 e. The molecule has 0 amide bonds. The third-order valence-corrected chi connectivity index (χ3v) is 4.04. The molecule has 1 aliphatic rings. The molecule has 1 atom stereocenters. The summed E-state index contributed by atoms with van der Waals surface area (Å²) in [5, 5.41) is 13.6. The van der Waals surface area contributed by atoms with Gasteiger partial charge in [0.15, 0.2) is 0 Å². The highest BCUT2D eigenvalue weighted by Gasteiger charge is 2.21. The van der Waals surface area contributed by atoms with Crippen LogP contribution in [0.3, 0.4) is 0 Å². The average molecular weight is 262 g/mol. The van der Waals surface area contributed by atoms with Gasteiger partial charge in [0.1, 0.15) is 0 Å². The zero-order valence-electron chi connectivity index (χ0n) is 12.0. The summed E-state index contributed by atoms with van der Waals surface area (Å²) in [6.45, 7) is 7.49. The lowest BCUT2D eigenvalue weighted by Gasteiger charge is -2.35. The van der Waals surface area contributed by atoms with Gasteiger partial charge in [-0.1, -0.05) is 30.3 Å². The summed E-state index contributed by atoms with van der Waals surface area (Å²) in [4.78, 5) is 2.52. The van der Waals surface area contributed by atoms with Crippen LogP contribution >= 0.6 is 0 Å². The number of aliphatic hydroxyl groups excluding tert-OH is 1. The summed E-state index contributed by atoms with van der Waals surface area (Å²) in [7, 11) is 0. The third kappa shape index (κ3) is 4.30. The number of aliphatic hydroxyl groups is 1. The van der Waals surface area contributed by atoms with E-state index in [1.54, 1.807) is 0 Å². The van der Waals surface area contributed by atoms with E-state index in [0.29, 0.717) is 18.6 Å². The Hall–Kier alpha value is -0.900. The predicted molar refractivity (Wildman–Crippen MR) is 79.1 cm³/mol. The van der Waals surface area contributed by atoms with Crippen LogP contribution in [0.2, 0.25) is 0 Å². The molecule has 0 radical (unpaired) electrons. The minimum Gasteiger partial charge on any atom is -0.387 e. The molecular formula is C16H26N2O. The Morgan fingerprint density at radius 2 is 1.84 bits per heavy atom. The topological polar surface area (TPSA) is 35.5 Å². The van der Waals surface area contributed by atoms with Gasteiger partial charge in [0.05, 0.1) is 6.10 Å². The van der Waals surface area contributed by atoms with E-state index in [2.05, 4.69) is 24.1 Å². The van der Waals surface area contributed by atoms with Gasteiger partial charge in [-0.2, -0.15) is 0 Å². The van der Waals surface area contributed by atoms with E-state index in [-0.39, 0.29) is 0 Å². The lowest BCUT2D eigenvalue weighted by atomic mass is 10.0. The lowest BCUT2D eigenvalue weighted by molar-refractivity contribution is 0.138. The molecule has 0 aromatic heterocycles. The van der Waals surface area contributed by atoms with Crippen LogP contribution in [0.1, 0.15) is 38.4 Å². The number of hydrogen-bond donors (Lipinski definition) is 2. The second-order valence-corrected chi connectivity index (χ2v) is 5.74. The second kappa shape index (κ2) is 7.04. The first-order valence-electron chi connectivity index (χ1n) is 7.37. The lowest BCUT2D eigenvalue weighted by Crippen LogP contribution is -2.45. The molecule has 3 heteroatoms. The van der Waals surface area contributed by atoms with Gasteiger partial charge in [-0.15, -0.1) is 0 Å². The number of hydrogen-bond acceptors (Lipinski definition) is 3. The van der Waals surface area contributed by atoms with Crippen molar-refractivity contribution >= 4 is 0 Å². The quantitative estimate of drug-likeness (QED) is 0.854. The highest BCUT2D eigenvalue weighted by molar-refractivity contribution is 5.17. The van der Waals surface area contributed by atoms with Crippen molar-refractivity contribution < 1.29 is 5.11 Å². The van der Waals surface area contributed by atoms with Crippen LogP contribution in [0.5, 0.6) is 0 Å². The minimum absolute atomic E-state index is 0.399. The zero-order chi connectivity index (χ0) is 13.7. The van der Waals surface area contributed by atoms with Crippen molar-refractivity contribution in [1.29, 1.82) is 0 Å². The van der Waals surface area contributed by atoms with Gasteiger partial charge in [0.2, 0.25) is 0 Å². The van der Waals surface area contributed by atoms with Crippen molar-refractivity contribution in [1.82, 2.24) is 10.2 Å². The van der Waals surface area contributed by atoms with Crippen molar-refractivity contribution in [2.75, 3.05) is 19.6 Å². The number of likely N-dealkylation sites (tertiary alicyclic amines) is 1. The van der Waals surface area contributed by atoms with Gasteiger partial charge in [-0.25, -0.2) is 0 Å². The van der Waals surface area contributed by atoms with Crippen molar-refractivity contribution in [3.8, 4) is 0 Å². The maximum atomic E-state index is 10.1. The molecular weight excluding hydrogens is 236 g/mol. The Bertz CT molecular complexity index is 358. The van der Waals surface area contributed by atoms with Crippen molar-refractivity contribution in [2.24, 2.45) is 0 Å². The fourth-order valence-corrected chi connectivity index (χ4v) is 2.69. The first-order valence-corrected chi connectivity index (χ1v) is 7.37. The molecule has 2 rings (SSSR count). The smallest absolute Gasteiger partial charge is 0.0914 e. The standard InChI is InChI=1S/C16H26N2O/c1-13(2)18-10-8-15(9-11-18)17-12-16(19)14-6-4-3-5-7-14/h3-7,13,15-17,19H,8-12H2,1-2H3. The van der Waals surface area contributed by atoms with Crippen molar-refractivity contribution in [2.45, 2.75) is 44.9 Å². The number of nitrogens with one attached hydrogen (secondary N) is 1. The fraction of sp³-hybridized carbons (Fsp3) is 0.625. The van der Waals surface area contributed by atoms with E-state index in [4.69, 9.17) is 0 Å². The molecule has 0 saturated carbocycles. The Balaban J connectivity index is 1.72. The van der Waals surface area contributed by atoms with Gasteiger partial charge in [0.25, 0.3) is 0 Å². The van der Waals surface area contributed by atoms with E-state index in [0.717, 1.165) is 18.7 Å². The largest absolute Gasteiger partial charge is 0.387 e. The van der Waals surface area contributed by atoms with Crippen LogP contribution in [-0.2, 0) is 0 Å². The molecule has 0 spiro atoms. The van der Waals surface area contributed by atoms with Crippen LogP contribution in [0, 0.1) is 0 Å². The van der Waals surface area contributed by atoms with Gasteiger partial charge in [0, 0.05) is 18.6 Å². The van der Waals surface area contributed by atoms with Crippen molar-refractivity contribution in [3.05, 3.63) is 35.9 Å². The monoisotopic (exact) mass is 262 g/mol. The molecule has 1 unspecified atom stereocenters. The third-order valence-electron chi connectivity index (χ3n) is 4.04. The van der Waals surface area contributed by atoms with Crippen LogP contribution in [0.4, 0.5) is 0 Å². The summed E-state index contributed by atoms with van der Waals surface area (Å²) in [5.74, 6) is 0. The molecule has 1 saturated heterocycles. The highest BCUT2D eigenvalue weighted by atomic mass is 16.3. The summed E-state index contributed by atoms with van der Waals surface area (Å²) in [6.07, 6.45) is 1.96. The highest BCUT2D eigenvalue weighted by Crippen LogP contribution is 2.15. The first kappa shape index (κ1) is 14.5. The Labute approximate surface area is 116 Å².